The second-order valence-electron chi connectivity index (χ2n) is 2.66. The molecule has 6 nitrogen and oxygen atoms in total. The first-order valence-corrected chi connectivity index (χ1v) is 3.92. The van der Waals surface area contributed by atoms with Gasteiger partial charge >= 0.3 is 11.9 Å². The van der Waals surface area contributed by atoms with E-state index < -0.39 is 24.5 Å². The first kappa shape index (κ1) is 12.6. The summed E-state index contributed by atoms with van der Waals surface area (Å²) in [7, 11) is 0. The Bertz CT molecular complexity index is 238. The average Bonchev–Trinajstić information content (AvgIpc) is 2.12. The number of carbonyl (C=O) groups excluding carboxylic acids is 1. The van der Waals surface area contributed by atoms with Gasteiger partial charge < -0.3 is 20.7 Å². The van der Waals surface area contributed by atoms with Crippen LogP contribution in [0.1, 0.15) is 6.42 Å². The summed E-state index contributed by atoms with van der Waals surface area (Å²) in [4.78, 5) is 21.1. The largest absolute Gasteiger partial charge is 0.481 e. The minimum atomic E-state index is -1.16. The van der Waals surface area contributed by atoms with Gasteiger partial charge in [0.1, 0.15) is 12.7 Å². The average molecular weight is 203 g/mol. The fourth-order valence-corrected chi connectivity index (χ4v) is 0.597. The lowest BCUT2D eigenvalue weighted by atomic mass is 10.2. The van der Waals surface area contributed by atoms with Crippen molar-refractivity contribution in [1.82, 2.24) is 0 Å². The molecule has 0 heterocycles. The first-order chi connectivity index (χ1) is 6.47. The lowest BCUT2D eigenvalue weighted by Gasteiger charge is -2.09. The molecule has 0 aromatic heterocycles. The van der Waals surface area contributed by atoms with E-state index in [0.29, 0.717) is 0 Å². The molecule has 80 valence electrons. The summed E-state index contributed by atoms with van der Waals surface area (Å²) >= 11 is 0. The SMILES string of the molecule is C=C(CC(=O)O)C(=O)OCC(O)CN. The van der Waals surface area contributed by atoms with Gasteiger partial charge in [0, 0.05) is 12.1 Å². The number of hydrogen-bond donors (Lipinski definition) is 3. The third-order valence-electron chi connectivity index (χ3n) is 1.33. The highest BCUT2D eigenvalue weighted by Crippen LogP contribution is 2.01. The maximum Gasteiger partial charge on any atom is 0.334 e. The number of esters is 1. The Balaban J connectivity index is 3.85. The Morgan fingerprint density at radius 3 is 2.50 bits per heavy atom. The van der Waals surface area contributed by atoms with Crippen molar-refractivity contribution in [3.63, 3.8) is 0 Å². The second-order valence-corrected chi connectivity index (χ2v) is 2.66. The summed E-state index contributed by atoms with van der Waals surface area (Å²) in [5.74, 6) is -1.99. The van der Waals surface area contributed by atoms with Gasteiger partial charge in [-0.25, -0.2) is 4.79 Å². The Hall–Kier alpha value is -1.40. The molecule has 0 spiro atoms. The molecule has 0 fully saturated rings. The van der Waals surface area contributed by atoms with Crippen molar-refractivity contribution in [3.8, 4) is 0 Å². The van der Waals surface area contributed by atoms with E-state index in [9.17, 15) is 9.59 Å². The normalized spacial score (nSPS) is 11.9. The van der Waals surface area contributed by atoms with Gasteiger partial charge in [-0.2, -0.15) is 0 Å². The molecule has 0 saturated heterocycles. The molecule has 0 aromatic carbocycles. The fourth-order valence-electron chi connectivity index (χ4n) is 0.597. The van der Waals surface area contributed by atoms with E-state index in [2.05, 4.69) is 11.3 Å². The van der Waals surface area contributed by atoms with Crippen LogP contribution < -0.4 is 5.73 Å². The van der Waals surface area contributed by atoms with Crippen LogP contribution in [0.5, 0.6) is 0 Å². The van der Waals surface area contributed by atoms with Crippen LogP contribution in [0.15, 0.2) is 12.2 Å². The smallest absolute Gasteiger partial charge is 0.334 e. The Morgan fingerprint density at radius 1 is 1.50 bits per heavy atom. The number of rotatable bonds is 6. The predicted octanol–water partition coefficient (Wildman–Crippen LogP) is -1.12. The maximum absolute atomic E-state index is 11.0. The number of carbonyl (C=O) groups is 2. The van der Waals surface area contributed by atoms with E-state index in [4.69, 9.17) is 15.9 Å². The van der Waals surface area contributed by atoms with Gasteiger partial charge in [0.05, 0.1) is 6.42 Å². The number of ether oxygens (including phenoxy) is 1. The molecule has 0 aliphatic heterocycles. The van der Waals surface area contributed by atoms with Gasteiger partial charge in [-0.1, -0.05) is 6.58 Å². The number of carboxylic acids is 1. The van der Waals surface area contributed by atoms with Crippen LogP contribution in [-0.4, -0.2) is 41.4 Å². The predicted molar refractivity (Wildman–Crippen MR) is 47.4 cm³/mol. The fraction of sp³-hybridized carbons (Fsp3) is 0.500. The van der Waals surface area contributed by atoms with E-state index in [1.807, 2.05) is 0 Å². The van der Waals surface area contributed by atoms with E-state index >= 15 is 0 Å². The molecule has 0 aromatic rings. The molecule has 0 radical (unpaired) electrons. The molecule has 0 aliphatic rings. The van der Waals surface area contributed by atoms with Crippen molar-refractivity contribution in [3.05, 3.63) is 12.2 Å². The van der Waals surface area contributed by atoms with Crippen LogP contribution >= 0.6 is 0 Å². The quantitative estimate of drug-likeness (QED) is 0.372. The Morgan fingerprint density at radius 2 is 2.07 bits per heavy atom. The summed E-state index contributed by atoms with van der Waals surface area (Å²) in [6.07, 6.45) is -1.41. The van der Waals surface area contributed by atoms with Crippen LogP contribution in [0, 0.1) is 0 Å². The van der Waals surface area contributed by atoms with Crippen molar-refractivity contribution in [2.75, 3.05) is 13.2 Å². The summed E-state index contributed by atoms with van der Waals surface area (Å²) < 4.78 is 4.53. The topological polar surface area (TPSA) is 110 Å². The molecule has 4 N–H and O–H groups in total. The maximum atomic E-state index is 11.0. The molecule has 1 atom stereocenters. The molecule has 0 aliphatic carbocycles. The highest BCUT2D eigenvalue weighted by molar-refractivity contribution is 5.92. The van der Waals surface area contributed by atoms with Crippen molar-refractivity contribution in [2.24, 2.45) is 5.73 Å². The molecular formula is C8H13NO5. The van der Waals surface area contributed by atoms with Crippen LogP contribution in [-0.2, 0) is 14.3 Å². The molecule has 1 unspecified atom stereocenters. The van der Waals surface area contributed by atoms with Gasteiger partial charge in [-0.3, -0.25) is 4.79 Å². The van der Waals surface area contributed by atoms with E-state index in [1.165, 1.54) is 0 Å². The Kier molecular flexibility index (Phi) is 5.50. The molecular weight excluding hydrogens is 190 g/mol. The van der Waals surface area contributed by atoms with E-state index in [0.717, 1.165) is 0 Å². The standard InChI is InChI=1S/C8H13NO5/c1-5(2-7(11)12)8(13)14-4-6(10)3-9/h6,10H,1-4,9H2,(H,11,12). The minimum Gasteiger partial charge on any atom is -0.481 e. The molecule has 14 heavy (non-hydrogen) atoms. The van der Waals surface area contributed by atoms with Gasteiger partial charge in [0.15, 0.2) is 0 Å². The lowest BCUT2D eigenvalue weighted by Crippen LogP contribution is -2.27. The highest BCUT2D eigenvalue weighted by atomic mass is 16.5. The first-order valence-electron chi connectivity index (χ1n) is 3.92. The number of carboxylic acid groups (broad SMARTS) is 1. The third kappa shape index (κ3) is 5.28. The van der Waals surface area contributed by atoms with Crippen molar-refractivity contribution in [1.29, 1.82) is 0 Å². The molecule has 6 heteroatoms. The molecule has 0 bridgehead atoms. The summed E-state index contributed by atoms with van der Waals surface area (Å²) in [6.45, 7) is 2.95. The van der Waals surface area contributed by atoms with Crippen LogP contribution in [0.4, 0.5) is 0 Å². The molecule has 0 saturated carbocycles. The summed E-state index contributed by atoms with van der Waals surface area (Å²) in [5, 5.41) is 17.2. The Labute approximate surface area is 81.0 Å². The molecule has 0 rings (SSSR count). The number of nitrogens with two attached hydrogens (primary N) is 1. The summed E-state index contributed by atoms with van der Waals surface area (Å²) in [5.41, 5.74) is 4.89. The highest BCUT2D eigenvalue weighted by Gasteiger charge is 2.13. The summed E-state index contributed by atoms with van der Waals surface area (Å²) in [6, 6.07) is 0. The van der Waals surface area contributed by atoms with Gasteiger partial charge in [-0.15, -0.1) is 0 Å². The third-order valence-corrected chi connectivity index (χ3v) is 1.33. The van der Waals surface area contributed by atoms with Crippen molar-refractivity contribution >= 4 is 11.9 Å². The van der Waals surface area contributed by atoms with Gasteiger partial charge in [0.2, 0.25) is 0 Å². The number of aliphatic hydroxyl groups excluding tert-OH is 1. The van der Waals surface area contributed by atoms with Crippen molar-refractivity contribution < 1.29 is 24.5 Å². The van der Waals surface area contributed by atoms with Crippen LogP contribution in [0.2, 0.25) is 0 Å². The number of hydrogen-bond acceptors (Lipinski definition) is 5. The van der Waals surface area contributed by atoms with Crippen LogP contribution in [0.25, 0.3) is 0 Å². The van der Waals surface area contributed by atoms with E-state index in [1.54, 1.807) is 0 Å². The van der Waals surface area contributed by atoms with Gasteiger partial charge in [0.25, 0.3) is 0 Å². The monoisotopic (exact) mass is 203 g/mol. The van der Waals surface area contributed by atoms with Crippen molar-refractivity contribution in [2.45, 2.75) is 12.5 Å². The van der Waals surface area contributed by atoms with Crippen LogP contribution in [0.3, 0.4) is 0 Å². The van der Waals surface area contributed by atoms with E-state index in [-0.39, 0.29) is 18.7 Å². The zero-order valence-electron chi connectivity index (χ0n) is 7.60. The molecule has 0 amide bonds. The van der Waals surface area contributed by atoms with Gasteiger partial charge in [-0.05, 0) is 0 Å². The lowest BCUT2D eigenvalue weighted by molar-refractivity contribution is -0.144. The second kappa shape index (κ2) is 6.11. The zero-order valence-corrected chi connectivity index (χ0v) is 7.60. The number of aliphatic hydroxyl groups is 1. The zero-order chi connectivity index (χ0) is 11.1. The minimum absolute atomic E-state index is 0.0291. The number of aliphatic carboxylic acids is 1.